The third-order valence-electron chi connectivity index (χ3n) is 3.15. The monoisotopic (exact) mass is 249 g/mol. The summed E-state index contributed by atoms with van der Waals surface area (Å²) in [7, 11) is 0. The highest BCUT2D eigenvalue weighted by Gasteiger charge is 2.26. The van der Waals surface area contributed by atoms with Gasteiger partial charge in [0, 0.05) is 5.41 Å². The zero-order chi connectivity index (χ0) is 13.9. The van der Waals surface area contributed by atoms with Gasteiger partial charge in [0.05, 0.1) is 11.3 Å². The summed E-state index contributed by atoms with van der Waals surface area (Å²) in [4.78, 5) is 23.1. The number of carbonyl (C=O) groups excluding carboxylic acids is 1. The zero-order valence-corrected chi connectivity index (χ0v) is 11.2. The third kappa shape index (κ3) is 3.09. The predicted molar refractivity (Wildman–Crippen MR) is 70.8 cm³/mol. The number of hydrogen-bond donors (Lipinski definition) is 2. The highest BCUT2D eigenvalue weighted by Crippen LogP contribution is 2.24. The Morgan fingerprint density at radius 1 is 1.33 bits per heavy atom. The van der Waals surface area contributed by atoms with Crippen LogP contribution >= 0.6 is 0 Å². The smallest absolute Gasteiger partial charge is 0.337 e. The molecule has 0 aliphatic carbocycles. The molecule has 1 aromatic rings. The van der Waals surface area contributed by atoms with Gasteiger partial charge in [-0.05, 0) is 25.5 Å². The Labute approximate surface area is 107 Å². The summed E-state index contributed by atoms with van der Waals surface area (Å²) in [6.07, 6.45) is 0.688. The molecule has 18 heavy (non-hydrogen) atoms. The van der Waals surface area contributed by atoms with E-state index >= 15 is 0 Å². The van der Waals surface area contributed by atoms with Gasteiger partial charge in [-0.25, -0.2) is 4.79 Å². The number of carboxylic acids is 1. The molecule has 0 bridgehead atoms. The fourth-order valence-corrected chi connectivity index (χ4v) is 1.40. The lowest BCUT2D eigenvalue weighted by molar-refractivity contribution is -0.124. The Morgan fingerprint density at radius 3 is 2.44 bits per heavy atom. The van der Waals surface area contributed by atoms with Crippen molar-refractivity contribution in [1.82, 2.24) is 0 Å². The van der Waals surface area contributed by atoms with E-state index in [0.29, 0.717) is 12.1 Å². The van der Waals surface area contributed by atoms with Crippen molar-refractivity contribution in [3.05, 3.63) is 29.3 Å². The van der Waals surface area contributed by atoms with Crippen molar-refractivity contribution >= 4 is 17.6 Å². The minimum atomic E-state index is -1.04. The van der Waals surface area contributed by atoms with Crippen molar-refractivity contribution in [2.45, 2.75) is 34.1 Å². The highest BCUT2D eigenvalue weighted by atomic mass is 16.4. The van der Waals surface area contributed by atoms with Gasteiger partial charge in [-0.15, -0.1) is 0 Å². The lowest BCUT2D eigenvalue weighted by Gasteiger charge is -2.22. The first-order chi connectivity index (χ1) is 8.27. The molecule has 0 unspecified atom stereocenters. The molecule has 0 aliphatic rings. The largest absolute Gasteiger partial charge is 0.478 e. The molecular weight excluding hydrogens is 230 g/mol. The fraction of sp³-hybridized carbons (Fsp3) is 0.429. The van der Waals surface area contributed by atoms with Crippen LogP contribution < -0.4 is 5.32 Å². The molecule has 0 saturated heterocycles. The fourth-order valence-electron chi connectivity index (χ4n) is 1.40. The Balaban J connectivity index is 3.05. The zero-order valence-electron chi connectivity index (χ0n) is 11.2. The molecule has 0 saturated carbocycles. The number of carbonyl (C=O) groups is 2. The van der Waals surface area contributed by atoms with Gasteiger partial charge in [0.15, 0.2) is 0 Å². The van der Waals surface area contributed by atoms with Crippen LogP contribution in [0.4, 0.5) is 5.69 Å². The summed E-state index contributed by atoms with van der Waals surface area (Å²) in [5.41, 5.74) is 0.802. The second-order valence-corrected chi connectivity index (χ2v) is 5.05. The lowest BCUT2D eigenvalue weighted by Crippen LogP contribution is -2.30. The number of anilines is 1. The summed E-state index contributed by atoms with van der Waals surface area (Å²) in [5, 5.41) is 11.8. The van der Waals surface area contributed by atoms with Gasteiger partial charge in [-0.1, -0.05) is 32.4 Å². The van der Waals surface area contributed by atoms with Crippen LogP contribution in [0.25, 0.3) is 0 Å². The van der Waals surface area contributed by atoms with Crippen LogP contribution in [0.1, 0.15) is 43.1 Å². The first-order valence-corrected chi connectivity index (χ1v) is 5.93. The molecule has 1 aromatic carbocycles. The molecule has 1 rings (SSSR count). The molecule has 2 N–H and O–H groups in total. The molecule has 0 radical (unpaired) electrons. The number of aromatic carboxylic acids is 1. The van der Waals surface area contributed by atoms with Crippen molar-refractivity contribution in [3.8, 4) is 0 Å². The van der Waals surface area contributed by atoms with E-state index in [4.69, 9.17) is 5.11 Å². The maximum atomic E-state index is 12.0. The van der Waals surface area contributed by atoms with E-state index in [2.05, 4.69) is 5.32 Å². The van der Waals surface area contributed by atoms with Crippen molar-refractivity contribution < 1.29 is 14.7 Å². The second-order valence-electron chi connectivity index (χ2n) is 5.05. The molecular formula is C14H19NO3. The average Bonchev–Trinajstić information content (AvgIpc) is 2.31. The van der Waals surface area contributed by atoms with Gasteiger partial charge >= 0.3 is 5.97 Å². The molecule has 0 atom stereocenters. The van der Waals surface area contributed by atoms with E-state index in [9.17, 15) is 9.59 Å². The van der Waals surface area contributed by atoms with E-state index in [0.717, 1.165) is 5.56 Å². The van der Waals surface area contributed by atoms with Crippen molar-refractivity contribution in [2.24, 2.45) is 5.41 Å². The highest BCUT2D eigenvalue weighted by molar-refractivity contribution is 6.02. The summed E-state index contributed by atoms with van der Waals surface area (Å²) in [5.74, 6) is -1.21. The van der Waals surface area contributed by atoms with Crippen LogP contribution in [0.5, 0.6) is 0 Å². The third-order valence-corrected chi connectivity index (χ3v) is 3.15. The Morgan fingerprint density at radius 2 is 1.94 bits per heavy atom. The topological polar surface area (TPSA) is 66.4 Å². The molecule has 0 aromatic heterocycles. The molecule has 0 spiro atoms. The number of amides is 1. The van der Waals surface area contributed by atoms with Gasteiger partial charge in [0.1, 0.15) is 0 Å². The Kier molecular flexibility index (Phi) is 4.11. The summed E-state index contributed by atoms with van der Waals surface area (Å²) < 4.78 is 0. The summed E-state index contributed by atoms with van der Waals surface area (Å²) >= 11 is 0. The van der Waals surface area contributed by atoms with Crippen LogP contribution in [0.3, 0.4) is 0 Å². The number of hydrogen-bond acceptors (Lipinski definition) is 2. The Bertz CT molecular complexity index is 478. The minimum Gasteiger partial charge on any atom is -0.478 e. The molecule has 4 nitrogen and oxygen atoms in total. The van der Waals surface area contributed by atoms with Gasteiger partial charge in [-0.2, -0.15) is 0 Å². The van der Waals surface area contributed by atoms with Crippen LogP contribution in [-0.4, -0.2) is 17.0 Å². The number of benzene rings is 1. The second kappa shape index (κ2) is 5.21. The van der Waals surface area contributed by atoms with Crippen molar-refractivity contribution in [1.29, 1.82) is 0 Å². The molecule has 0 aliphatic heterocycles. The van der Waals surface area contributed by atoms with Crippen molar-refractivity contribution in [2.75, 3.05) is 5.32 Å². The molecule has 98 valence electrons. The lowest BCUT2D eigenvalue weighted by atomic mass is 9.89. The Hall–Kier alpha value is -1.84. The molecule has 4 heteroatoms. The van der Waals surface area contributed by atoms with E-state index in [1.54, 1.807) is 18.2 Å². The maximum Gasteiger partial charge on any atom is 0.337 e. The first kappa shape index (κ1) is 14.2. The van der Waals surface area contributed by atoms with Gasteiger partial charge in [0.2, 0.25) is 5.91 Å². The van der Waals surface area contributed by atoms with Gasteiger partial charge in [0.25, 0.3) is 0 Å². The summed E-state index contributed by atoms with van der Waals surface area (Å²) in [6.45, 7) is 7.40. The number of nitrogens with one attached hydrogen (secondary N) is 1. The maximum absolute atomic E-state index is 12.0. The molecule has 1 amide bonds. The van der Waals surface area contributed by atoms with Gasteiger partial charge < -0.3 is 10.4 Å². The van der Waals surface area contributed by atoms with E-state index in [1.165, 1.54) is 0 Å². The number of rotatable bonds is 4. The van der Waals surface area contributed by atoms with E-state index < -0.39 is 11.4 Å². The first-order valence-electron chi connectivity index (χ1n) is 5.93. The van der Waals surface area contributed by atoms with Crippen LogP contribution in [0, 0.1) is 12.3 Å². The molecule has 0 fully saturated rings. The average molecular weight is 249 g/mol. The van der Waals surface area contributed by atoms with Crippen LogP contribution in [-0.2, 0) is 4.79 Å². The van der Waals surface area contributed by atoms with E-state index in [1.807, 2.05) is 27.7 Å². The van der Waals surface area contributed by atoms with Crippen LogP contribution in [0.15, 0.2) is 18.2 Å². The number of aryl methyl sites for hydroxylation is 1. The normalized spacial score (nSPS) is 11.1. The quantitative estimate of drug-likeness (QED) is 0.861. The predicted octanol–water partition coefficient (Wildman–Crippen LogP) is 3.07. The van der Waals surface area contributed by atoms with Crippen LogP contribution in [0.2, 0.25) is 0 Å². The standard InChI is InChI=1S/C14H19NO3/c1-5-14(3,4)13(18)15-11-7-6-9(2)8-10(11)12(16)17/h6-8H,5H2,1-4H3,(H,15,18)(H,16,17). The molecule has 0 heterocycles. The van der Waals surface area contributed by atoms with Gasteiger partial charge in [-0.3, -0.25) is 4.79 Å². The van der Waals surface area contributed by atoms with Crippen molar-refractivity contribution in [3.63, 3.8) is 0 Å². The number of carboxylic acid groups (broad SMARTS) is 1. The van der Waals surface area contributed by atoms with E-state index in [-0.39, 0.29) is 11.5 Å². The minimum absolute atomic E-state index is 0.121. The SMILES string of the molecule is CCC(C)(C)C(=O)Nc1ccc(C)cc1C(=O)O. The summed E-state index contributed by atoms with van der Waals surface area (Å²) in [6, 6.07) is 4.96.